The van der Waals surface area contributed by atoms with Crippen LogP contribution in [0.3, 0.4) is 0 Å². The zero-order valence-electron chi connectivity index (χ0n) is 22.5. The molecule has 0 aliphatic rings. The Morgan fingerprint density at radius 3 is 2.29 bits per heavy atom. The van der Waals surface area contributed by atoms with E-state index in [0.717, 1.165) is 11.1 Å². The maximum atomic E-state index is 12.8. The number of hydrogen-bond donors (Lipinski definition) is 2. The van der Waals surface area contributed by atoms with E-state index in [9.17, 15) is 9.59 Å². The molecule has 0 aliphatic carbocycles. The summed E-state index contributed by atoms with van der Waals surface area (Å²) in [4.78, 5) is 25.5. The van der Waals surface area contributed by atoms with E-state index in [1.807, 2.05) is 64.1 Å². The van der Waals surface area contributed by atoms with Crippen LogP contribution in [0.25, 0.3) is 0 Å². The molecule has 0 spiro atoms. The van der Waals surface area contributed by atoms with Gasteiger partial charge in [-0.25, -0.2) is 5.43 Å². The first-order chi connectivity index (χ1) is 18.3. The first-order valence-electron chi connectivity index (χ1n) is 12.5. The number of benzene rings is 3. The normalized spacial score (nSPS) is 11.7. The number of ether oxygens (including phenoxy) is 3. The van der Waals surface area contributed by atoms with Gasteiger partial charge in [-0.1, -0.05) is 43.7 Å². The van der Waals surface area contributed by atoms with E-state index in [-0.39, 0.29) is 11.8 Å². The van der Waals surface area contributed by atoms with Crippen molar-refractivity contribution in [2.24, 2.45) is 11.0 Å². The molecule has 38 heavy (non-hydrogen) atoms. The zero-order chi connectivity index (χ0) is 27.5. The van der Waals surface area contributed by atoms with Crippen molar-refractivity contribution in [2.45, 2.75) is 40.3 Å². The van der Waals surface area contributed by atoms with Gasteiger partial charge in [0.25, 0.3) is 11.8 Å². The second-order valence-electron chi connectivity index (χ2n) is 9.07. The molecule has 1 atom stereocenters. The summed E-state index contributed by atoms with van der Waals surface area (Å²) in [5, 5.41) is 6.87. The highest BCUT2D eigenvalue weighted by Gasteiger charge is 2.24. The van der Waals surface area contributed by atoms with Crippen molar-refractivity contribution in [3.8, 4) is 17.2 Å². The monoisotopic (exact) mass is 517 g/mol. The molecule has 0 heterocycles. The number of carbonyl (C=O) groups excluding carboxylic acids is 2. The Hall–Kier alpha value is -4.33. The van der Waals surface area contributed by atoms with Crippen LogP contribution in [0, 0.1) is 12.8 Å². The Balaban J connectivity index is 1.62. The lowest BCUT2D eigenvalue weighted by atomic mass is 10.0. The average Bonchev–Trinajstić information content (AvgIpc) is 2.92. The lowest BCUT2D eigenvalue weighted by Crippen LogP contribution is -2.48. The third-order valence-electron chi connectivity index (χ3n) is 5.76. The number of hydrazone groups is 1. The van der Waals surface area contributed by atoms with Crippen molar-refractivity contribution in [3.05, 3.63) is 89.0 Å². The van der Waals surface area contributed by atoms with Gasteiger partial charge in [0.15, 0.2) is 11.5 Å². The molecule has 0 aliphatic heterocycles. The molecular weight excluding hydrogens is 482 g/mol. The summed E-state index contributed by atoms with van der Waals surface area (Å²) < 4.78 is 16.8. The fourth-order valence-corrected chi connectivity index (χ4v) is 3.58. The van der Waals surface area contributed by atoms with Crippen LogP contribution in [0.2, 0.25) is 0 Å². The highest BCUT2D eigenvalue weighted by atomic mass is 16.5. The average molecular weight is 518 g/mol. The quantitative estimate of drug-likeness (QED) is 0.263. The predicted molar refractivity (Wildman–Crippen MR) is 148 cm³/mol. The maximum Gasteiger partial charge on any atom is 0.262 e. The molecule has 8 nitrogen and oxygen atoms in total. The number of amides is 2. The van der Waals surface area contributed by atoms with Gasteiger partial charge in [-0.05, 0) is 73.4 Å². The van der Waals surface area contributed by atoms with Crippen molar-refractivity contribution in [1.82, 2.24) is 10.7 Å². The maximum absolute atomic E-state index is 12.8. The number of aryl methyl sites for hydroxylation is 1. The lowest BCUT2D eigenvalue weighted by molar-refractivity contribution is -0.123. The molecular formula is C30H35N3O5. The largest absolute Gasteiger partial charge is 0.497 e. The van der Waals surface area contributed by atoms with Crippen LogP contribution >= 0.6 is 0 Å². The second kappa shape index (κ2) is 13.8. The summed E-state index contributed by atoms with van der Waals surface area (Å²) >= 11 is 0. The number of hydrogen-bond acceptors (Lipinski definition) is 6. The van der Waals surface area contributed by atoms with E-state index in [2.05, 4.69) is 15.8 Å². The molecule has 0 radical (unpaired) electrons. The minimum absolute atomic E-state index is 0.151. The van der Waals surface area contributed by atoms with E-state index in [1.54, 1.807) is 37.4 Å². The summed E-state index contributed by atoms with van der Waals surface area (Å²) in [6.07, 6.45) is 1.52. The number of nitrogens with zero attached hydrogens (tertiary/aromatic N) is 1. The van der Waals surface area contributed by atoms with Crippen LogP contribution < -0.4 is 25.0 Å². The van der Waals surface area contributed by atoms with Gasteiger partial charge in [0.05, 0.1) is 19.9 Å². The standard InChI is InChI=1S/C30H35N3O5/c1-6-37-27-17-23(11-16-26(27)38-19-22-9-7-21(4)8-10-22)18-31-33-30(35)28(20(2)3)32-29(34)24-12-14-25(36-5)15-13-24/h7-18,20,28H,6,19H2,1-5H3,(H,32,34)(H,33,35)/b31-18+. The fourth-order valence-electron chi connectivity index (χ4n) is 3.58. The van der Waals surface area contributed by atoms with Gasteiger partial charge >= 0.3 is 0 Å². The first kappa shape index (κ1) is 28.2. The Bertz CT molecular complexity index is 1240. The molecule has 3 aromatic carbocycles. The third-order valence-corrected chi connectivity index (χ3v) is 5.76. The summed E-state index contributed by atoms with van der Waals surface area (Å²) in [5.41, 5.74) is 5.94. The number of rotatable bonds is 12. The zero-order valence-corrected chi connectivity index (χ0v) is 22.5. The molecule has 0 bridgehead atoms. The van der Waals surface area contributed by atoms with Crippen LogP contribution in [0.1, 0.15) is 47.8 Å². The summed E-state index contributed by atoms with van der Waals surface area (Å²) in [7, 11) is 1.56. The van der Waals surface area contributed by atoms with E-state index in [0.29, 0.717) is 36.0 Å². The highest BCUT2D eigenvalue weighted by molar-refractivity contribution is 5.97. The third kappa shape index (κ3) is 8.09. The lowest BCUT2D eigenvalue weighted by Gasteiger charge is -2.20. The van der Waals surface area contributed by atoms with Gasteiger partial charge in [-0.3, -0.25) is 9.59 Å². The Labute approximate surface area is 224 Å². The smallest absolute Gasteiger partial charge is 0.262 e. The topological polar surface area (TPSA) is 98.2 Å². The van der Waals surface area contributed by atoms with Crippen LogP contribution in [-0.2, 0) is 11.4 Å². The minimum atomic E-state index is -0.765. The Morgan fingerprint density at radius 2 is 1.66 bits per heavy atom. The van der Waals surface area contributed by atoms with Crippen molar-refractivity contribution >= 4 is 18.0 Å². The van der Waals surface area contributed by atoms with Gasteiger partial charge < -0.3 is 19.5 Å². The number of carbonyl (C=O) groups is 2. The van der Waals surface area contributed by atoms with Crippen molar-refractivity contribution < 1.29 is 23.8 Å². The summed E-state index contributed by atoms with van der Waals surface area (Å²) in [6.45, 7) is 8.54. The molecule has 200 valence electrons. The SMILES string of the molecule is CCOc1cc(/C=N/NC(=O)C(NC(=O)c2ccc(OC)cc2)C(C)C)ccc1OCc1ccc(C)cc1. The Kier molecular flexibility index (Phi) is 10.3. The van der Waals surface area contributed by atoms with Crippen molar-refractivity contribution in [1.29, 1.82) is 0 Å². The van der Waals surface area contributed by atoms with Crippen LogP contribution in [0.5, 0.6) is 17.2 Å². The Morgan fingerprint density at radius 1 is 0.947 bits per heavy atom. The molecule has 0 fully saturated rings. The minimum Gasteiger partial charge on any atom is -0.497 e. The molecule has 0 saturated carbocycles. The van der Waals surface area contributed by atoms with Gasteiger partial charge in [0.1, 0.15) is 18.4 Å². The highest BCUT2D eigenvalue weighted by Crippen LogP contribution is 2.29. The van der Waals surface area contributed by atoms with E-state index in [1.165, 1.54) is 11.8 Å². The molecule has 3 aromatic rings. The molecule has 1 unspecified atom stereocenters. The van der Waals surface area contributed by atoms with Crippen LogP contribution in [0.15, 0.2) is 71.8 Å². The summed E-state index contributed by atoms with van der Waals surface area (Å²) in [5.74, 6) is 0.931. The predicted octanol–water partition coefficient (Wildman–Crippen LogP) is 4.89. The first-order valence-corrected chi connectivity index (χ1v) is 12.5. The molecule has 8 heteroatoms. The van der Waals surface area contributed by atoms with E-state index >= 15 is 0 Å². The van der Waals surface area contributed by atoms with E-state index < -0.39 is 11.9 Å². The molecule has 2 amide bonds. The van der Waals surface area contributed by atoms with Gasteiger partial charge in [0.2, 0.25) is 0 Å². The fraction of sp³-hybridized carbons (Fsp3) is 0.300. The number of nitrogens with one attached hydrogen (secondary N) is 2. The van der Waals surface area contributed by atoms with Gasteiger partial charge in [-0.15, -0.1) is 0 Å². The van der Waals surface area contributed by atoms with Gasteiger partial charge in [0, 0.05) is 5.56 Å². The van der Waals surface area contributed by atoms with E-state index in [4.69, 9.17) is 14.2 Å². The van der Waals surface area contributed by atoms with Crippen molar-refractivity contribution in [2.75, 3.05) is 13.7 Å². The molecule has 0 aromatic heterocycles. The van der Waals surface area contributed by atoms with Crippen LogP contribution in [-0.4, -0.2) is 37.8 Å². The molecule has 3 rings (SSSR count). The van der Waals surface area contributed by atoms with Gasteiger partial charge in [-0.2, -0.15) is 5.10 Å². The molecule has 2 N–H and O–H groups in total. The second-order valence-corrected chi connectivity index (χ2v) is 9.07. The molecule has 0 saturated heterocycles. The summed E-state index contributed by atoms with van der Waals surface area (Å²) in [6, 6.07) is 19.5. The van der Waals surface area contributed by atoms with Crippen LogP contribution in [0.4, 0.5) is 0 Å². The van der Waals surface area contributed by atoms with Crippen molar-refractivity contribution in [3.63, 3.8) is 0 Å². The number of methoxy groups -OCH3 is 1.